The van der Waals surface area contributed by atoms with Gasteiger partial charge in [-0.25, -0.2) is 23.1 Å². The van der Waals surface area contributed by atoms with E-state index in [9.17, 15) is 8.42 Å². The van der Waals surface area contributed by atoms with Crippen molar-refractivity contribution in [3.8, 4) is 5.82 Å². The molecular formula is C17H17IN6O2S. The maximum Gasteiger partial charge on any atom is 0.243 e. The van der Waals surface area contributed by atoms with Crippen LogP contribution in [-0.4, -0.2) is 58.7 Å². The van der Waals surface area contributed by atoms with Crippen LogP contribution in [-0.2, 0) is 10.0 Å². The van der Waals surface area contributed by atoms with E-state index in [0.717, 1.165) is 9.39 Å². The largest absolute Gasteiger partial charge is 0.354 e. The topological polar surface area (TPSA) is 84.2 Å². The normalized spacial score (nSPS) is 15.8. The van der Waals surface area contributed by atoms with Gasteiger partial charge in [-0.1, -0.05) is 0 Å². The molecule has 1 aliphatic heterocycles. The third kappa shape index (κ3) is 3.82. The average molecular weight is 496 g/mol. The molecule has 140 valence electrons. The summed E-state index contributed by atoms with van der Waals surface area (Å²) in [6.07, 6.45) is 5.01. The van der Waals surface area contributed by atoms with Gasteiger partial charge in [-0.05, 0) is 52.9 Å². The molecule has 1 saturated heterocycles. The molecule has 2 aromatic heterocycles. The van der Waals surface area contributed by atoms with Crippen LogP contribution in [0, 0.1) is 3.57 Å². The zero-order valence-electron chi connectivity index (χ0n) is 14.3. The Kier molecular flexibility index (Phi) is 5.10. The van der Waals surface area contributed by atoms with Crippen molar-refractivity contribution in [2.45, 2.75) is 4.90 Å². The zero-order valence-corrected chi connectivity index (χ0v) is 17.3. The third-order valence-corrected chi connectivity index (χ3v) is 7.02. The zero-order chi connectivity index (χ0) is 18.9. The molecule has 0 spiro atoms. The van der Waals surface area contributed by atoms with Crippen molar-refractivity contribution >= 4 is 38.4 Å². The van der Waals surface area contributed by atoms with Gasteiger partial charge < -0.3 is 4.90 Å². The van der Waals surface area contributed by atoms with E-state index < -0.39 is 10.0 Å². The molecule has 8 nitrogen and oxygen atoms in total. The molecule has 0 unspecified atom stereocenters. The highest BCUT2D eigenvalue weighted by molar-refractivity contribution is 14.1. The summed E-state index contributed by atoms with van der Waals surface area (Å²) in [5.41, 5.74) is 0. The van der Waals surface area contributed by atoms with Gasteiger partial charge in [-0.15, -0.1) is 0 Å². The summed E-state index contributed by atoms with van der Waals surface area (Å²) in [6, 6.07) is 10.6. The van der Waals surface area contributed by atoms with Gasteiger partial charge in [0.1, 0.15) is 12.1 Å². The lowest BCUT2D eigenvalue weighted by atomic mass is 10.3. The second-order valence-electron chi connectivity index (χ2n) is 6.03. The Hall–Kier alpha value is -2.05. The predicted octanol–water partition coefficient (Wildman–Crippen LogP) is 1.78. The second-order valence-corrected chi connectivity index (χ2v) is 9.21. The molecule has 1 aliphatic rings. The van der Waals surface area contributed by atoms with Crippen LogP contribution in [0.1, 0.15) is 0 Å². The summed E-state index contributed by atoms with van der Waals surface area (Å²) in [4.78, 5) is 11.0. The first kappa shape index (κ1) is 18.3. The first-order chi connectivity index (χ1) is 13.0. The van der Waals surface area contributed by atoms with E-state index in [0.29, 0.717) is 36.9 Å². The summed E-state index contributed by atoms with van der Waals surface area (Å²) < 4.78 is 29.8. The molecule has 0 amide bonds. The maximum absolute atomic E-state index is 12.8. The lowest BCUT2D eigenvalue weighted by Gasteiger charge is -2.34. The fourth-order valence-corrected chi connectivity index (χ4v) is 4.73. The van der Waals surface area contributed by atoms with Crippen molar-refractivity contribution in [3.63, 3.8) is 0 Å². The minimum absolute atomic E-state index is 0.333. The van der Waals surface area contributed by atoms with E-state index >= 15 is 0 Å². The number of benzene rings is 1. The lowest BCUT2D eigenvalue weighted by molar-refractivity contribution is 0.383. The lowest BCUT2D eigenvalue weighted by Crippen LogP contribution is -2.48. The molecule has 0 saturated carbocycles. The highest BCUT2D eigenvalue weighted by Gasteiger charge is 2.29. The Morgan fingerprint density at radius 1 is 0.963 bits per heavy atom. The van der Waals surface area contributed by atoms with Crippen molar-refractivity contribution in [2.24, 2.45) is 0 Å². The van der Waals surface area contributed by atoms with Gasteiger partial charge >= 0.3 is 0 Å². The van der Waals surface area contributed by atoms with E-state index in [1.807, 2.05) is 18.3 Å². The number of aromatic nitrogens is 4. The summed E-state index contributed by atoms with van der Waals surface area (Å²) in [5, 5.41) is 4.18. The van der Waals surface area contributed by atoms with Crippen molar-refractivity contribution < 1.29 is 8.42 Å². The highest BCUT2D eigenvalue weighted by Crippen LogP contribution is 2.21. The number of sulfonamides is 1. The third-order valence-electron chi connectivity index (χ3n) is 4.39. The van der Waals surface area contributed by atoms with Gasteiger partial charge in [0.25, 0.3) is 0 Å². The molecule has 0 atom stereocenters. The van der Waals surface area contributed by atoms with Crippen molar-refractivity contribution in [1.29, 1.82) is 0 Å². The summed E-state index contributed by atoms with van der Waals surface area (Å²) >= 11 is 2.16. The summed E-state index contributed by atoms with van der Waals surface area (Å²) in [7, 11) is -3.47. The molecule has 10 heteroatoms. The average Bonchev–Trinajstić information content (AvgIpc) is 3.23. The van der Waals surface area contributed by atoms with Crippen molar-refractivity contribution in [1.82, 2.24) is 24.1 Å². The van der Waals surface area contributed by atoms with Crippen LogP contribution >= 0.6 is 22.6 Å². The molecule has 0 bridgehead atoms. The second kappa shape index (κ2) is 7.52. The molecular weight excluding hydrogens is 479 g/mol. The maximum atomic E-state index is 12.8. The van der Waals surface area contributed by atoms with E-state index in [2.05, 4.69) is 42.6 Å². The smallest absolute Gasteiger partial charge is 0.243 e. The van der Waals surface area contributed by atoms with E-state index in [1.54, 1.807) is 35.1 Å². The Morgan fingerprint density at radius 2 is 1.67 bits per heavy atom. The monoisotopic (exact) mass is 496 g/mol. The number of nitrogens with zero attached hydrogens (tertiary/aromatic N) is 6. The summed E-state index contributed by atoms with van der Waals surface area (Å²) in [6.45, 7) is 1.96. The van der Waals surface area contributed by atoms with Gasteiger partial charge in [0.2, 0.25) is 10.0 Å². The van der Waals surface area contributed by atoms with Gasteiger partial charge in [0.15, 0.2) is 5.82 Å². The van der Waals surface area contributed by atoms with Crippen LogP contribution < -0.4 is 4.90 Å². The molecule has 0 N–H and O–H groups in total. The molecule has 1 aromatic carbocycles. The fourth-order valence-electron chi connectivity index (χ4n) is 2.95. The van der Waals surface area contributed by atoms with Crippen LogP contribution in [0.5, 0.6) is 0 Å². The molecule has 4 rings (SSSR count). The highest BCUT2D eigenvalue weighted by atomic mass is 127. The molecule has 1 fully saturated rings. The van der Waals surface area contributed by atoms with Crippen molar-refractivity contribution in [2.75, 3.05) is 31.1 Å². The summed E-state index contributed by atoms with van der Waals surface area (Å²) in [5.74, 6) is 1.45. The minimum atomic E-state index is -3.47. The number of halogens is 1. The quantitative estimate of drug-likeness (QED) is 0.513. The minimum Gasteiger partial charge on any atom is -0.354 e. The molecule has 0 radical (unpaired) electrons. The number of piperazine rings is 1. The van der Waals surface area contributed by atoms with Gasteiger partial charge in [0, 0.05) is 48.2 Å². The van der Waals surface area contributed by atoms with Crippen LogP contribution in [0.2, 0.25) is 0 Å². The van der Waals surface area contributed by atoms with E-state index in [-0.39, 0.29) is 0 Å². The van der Waals surface area contributed by atoms with E-state index in [4.69, 9.17) is 0 Å². The van der Waals surface area contributed by atoms with Gasteiger partial charge in [-0.2, -0.15) is 9.40 Å². The first-order valence-electron chi connectivity index (χ1n) is 8.37. The van der Waals surface area contributed by atoms with Crippen molar-refractivity contribution in [3.05, 3.63) is 58.7 Å². The number of anilines is 1. The Bertz CT molecular complexity index is 1020. The van der Waals surface area contributed by atoms with Gasteiger partial charge in [-0.3, -0.25) is 0 Å². The molecule has 27 heavy (non-hydrogen) atoms. The predicted molar refractivity (Wildman–Crippen MR) is 109 cm³/mol. The van der Waals surface area contributed by atoms with Crippen LogP contribution in [0.3, 0.4) is 0 Å². The Balaban J connectivity index is 1.48. The van der Waals surface area contributed by atoms with Gasteiger partial charge in [0.05, 0.1) is 4.90 Å². The van der Waals surface area contributed by atoms with Crippen LogP contribution in [0.15, 0.2) is 60.0 Å². The molecule has 0 aliphatic carbocycles. The number of rotatable bonds is 4. The van der Waals surface area contributed by atoms with E-state index in [1.165, 1.54) is 10.6 Å². The molecule has 3 heterocycles. The Labute approximate surface area is 171 Å². The standard InChI is InChI=1S/C17H17IN6O2S/c18-14-2-4-15(5-3-14)27(25,26)23-10-8-22(9-11-23)16-12-17(20-13-19-16)24-7-1-6-21-24/h1-7,12-13H,8-11H2. The van der Waals surface area contributed by atoms with Crippen LogP contribution in [0.25, 0.3) is 5.82 Å². The fraction of sp³-hybridized carbons (Fsp3) is 0.235. The first-order valence-corrected chi connectivity index (χ1v) is 10.9. The number of hydrogen-bond acceptors (Lipinski definition) is 6. The Morgan fingerprint density at radius 3 is 2.33 bits per heavy atom. The number of hydrogen-bond donors (Lipinski definition) is 0. The van der Waals surface area contributed by atoms with Crippen LogP contribution in [0.4, 0.5) is 5.82 Å². The SMILES string of the molecule is O=S(=O)(c1ccc(I)cc1)N1CCN(c2cc(-n3cccn3)ncn2)CC1. The molecule has 3 aromatic rings.